The maximum Gasteiger partial charge on any atom is 0.0704 e. The molecule has 0 spiro atoms. The molecule has 2 rings (SSSR count). The Hall–Kier alpha value is 0.530. The van der Waals surface area contributed by atoms with E-state index in [4.69, 9.17) is 0 Å². The van der Waals surface area contributed by atoms with Crippen LogP contribution in [0, 0.1) is 0 Å². The number of fused-ring (bicyclic) bond motifs is 1. The van der Waals surface area contributed by atoms with Crippen LogP contribution in [-0.2, 0) is 6.42 Å². The number of hydrogen-bond donors (Lipinski definition) is 1. The van der Waals surface area contributed by atoms with Crippen molar-refractivity contribution in [3.8, 4) is 0 Å². The van der Waals surface area contributed by atoms with Crippen molar-refractivity contribution in [3.63, 3.8) is 0 Å². The van der Waals surface area contributed by atoms with E-state index in [1.54, 1.807) is 0 Å². The SMILES string of the molecule is SC1CCCc2sc(Br)cc21. The summed E-state index contributed by atoms with van der Waals surface area (Å²) in [5.41, 5.74) is 1.46. The summed E-state index contributed by atoms with van der Waals surface area (Å²) in [5.74, 6) is 0. The molecule has 0 saturated heterocycles. The quantitative estimate of drug-likeness (QED) is 0.664. The smallest absolute Gasteiger partial charge is 0.0704 e. The van der Waals surface area contributed by atoms with Gasteiger partial charge in [-0.1, -0.05) is 0 Å². The lowest BCUT2D eigenvalue weighted by Crippen LogP contribution is -2.00. The normalized spacial score (nSPS) is 23.3. The molecule has 0 bridgehead atoms. The van der Waals surface area contributed by atoms with Gasteiger partial charge in [0, 0.05) is 10.1 Å². The lowest BCUT2D eigenvalue weighted by molar-refractivity contribution is 0.688. The number of halogens is 1. The Morgan fingerprint density at radius 3 is 3.18 bits per heavy atom. The highest BCUT2D eigenvalue weighted by Crippen LogP contribution is 2.40. The largest absolute Gasteiger partial charge is 0.171 e. The molecule has 0 amide bonds. The van der Waals surface area contributed by atoms with Gasteiger partial charge in [-0.15, -0.1) is 11.3 Å². The van der Waals surface area contributed by atoms with Gasteiger partial charge in [-0.25, -0.2) is 0 Å². The van der Waals surface area contributed by atoms with E-state index in [1.807, 2.05) is 11.3 Å². The van der Waals surface area contributed by atoms with Gasteiger partial charge in [0.1, 0.15) is 0 Å². The maximum absolute atomic E-state index is 4.54. The lowest BCUT2D eigenvalue weighted by atomic mass is 9.99. The Balaban J connectivity index is 2.43. The first-order valence-electron chi connectivity index (χ1n) is 3.73. The van der Waals surface area contributed by atoms with Crippen LogP contribution in [0.1, 0.15) is 28.5 Å². The highest BCUT2D eigenvalue weighted by molar-refractivity contribution is 9.11. The molecule has 0 saturated carbocycles. The highest BCUT2D eigenvalue weighted by Gasteiger charge is 2.19. The Kier molecular flexibility index (Phi) is 2.30. The third kappa shape index (κ3) is 1.51. The zero-order valence-corrected chi connectivity index (χ0v) is 9.31. The maximum atomic E-state index is 4.54. The van der Waals surface area contributed by atoms with E-state index in [1.165, 1.54) is 33.5 Å². The predicted octanol–water partition coefficient (Wildman–Crippen LogP) is 3.82. The second-order valence-corrected chi connectivity index (χ2v) is 5.98. The molecule has 0 fully saturated rings. The third-order valence-electron chi connectivity index (χ3n) is 2.05. The van der Waals surface area contributed by atoms with Crippen LogP contribution < -0.4 is 0 Å². The first-order chi connectivity index (χ1) is 5.27. The average molecular weight is 249 g/mol. The average Bonchev–Trinajstić information content (AvgIpc) is 2.31. The minimum atomic E-state index is 0.487. The van der Waals surface area contributed by atoms with Gasteiger partial charge in [0.2, 0.25) is 0 Å². The molecule has 0 aliphatic heterocycles. The summed E-state index contributed by atoms with van der Waals surface area (Å²) in [6, 6.07) is 2.22. The van der Waals surface area contributed by atoms with Gasteiger partial charge in [0.15, 0.2) is 0 Å². The van der Waals surface area contributed by atoms with Crippen molar-refractivity contribution in [2.75, 3.05) is 0 Å². The van der Waals surface area contributed by atoms with Crippen LogP contribution in [0.2, 0.25) is 0 Å². The monoisotopic (exact) mass is 248 g/mol. The van der Waals surface area contributed by atoms with Crippen LogP contribution in [0.15, 0.2) is 9.85 Å². The van der Waals surface area contributed by atoms with E-state index in [0.717, 1.165) is 0 Å². The van der Waals surface area contributed by atoms with Gasteiger partial charge in [-0.05, 0) is 46.8 Å². The fourth-order valence-electron chi connectivity index (χ4n) is 1.50. The van der Waals surface area contributed by atoms with Crippen molar-refractivity contribution in [2.24, 2.45) is 0 Å². The van der Waals surface area contributed by atoms with E-state index < -0.39 is 0 Å². The van der Waals surface area contributed by atoms with Crippen LogP contribution in [0.25, 0.3) is 0 Å². The number of rotatable bonds is 0. The first kappa shape index (κ1) is 8.14. The second kappa shape index (κ2) is 3.11. The van der Waals surface area contributed by atoms with Crippen molar-refractivity contribution in [3.05, 3.63) is 20.3 Å². The van der Waals surface area contributed by atoms with E-state index in [9.17, 15) is 0 Å². The molecule has 1 heterocycles. The van der Waals surface area contributed by atoms with Gasteiger partial charge in [0.05, 0.1) is 3.79 Å². The molecular weight excluding hydrogens is 240 g/mol. The first-order valence-corrected chi connectivity index (χ1v) is 5.86. The van der Waals surface area contributed by atoms with Crippen LogP contribution in [0.5, 0.6) is 0 Å². The van der Waals surface area contributed by atoms with E-state index in [-0.39, 0.29) is 0 Å². The summed E-state index contributed by atoms with van der Waals surface area (Å²) in [6.07, 6.45) is 3.79. The molecule has 3 heteroatoms. The van der Waals surface area contributed by atoms with Crippen molar-refractivity contribution >= 4 is 39.9 Å². The fourth-order valence-corrected chi connectivity index (χ4v) is 3.82. The molecule has 0 N–H and O–H groups in total. The van der Waals surface area contributed by atoms with Crippen molar-refractivity contribution in [1.82, 2.24) is 0 Å². The Morgan fingerprint density at radius 2 is 2.45 bits per heavy atom. The Labute approximate surface area is 84.5 Å². The molecule has 11 heavy (non-hydrogen) atoms. The van der Waals surface area contributed by atoms with Gasteiger partial charge >= 0.3 is 0 Å². The van der Waals surface area contributed by atoms with Crippen LogP contribution in [0.3, 0.4) is 0 Å². The zero-order chi connectivity index (χ0) is 7.84. The third-order valence-corrected chi connectivity index (χ3v) is 4.30. The summed E-state index contributed by atoms with van der Waals surface area (Å²) < 4.78 is 1.25. The molecular formula is C8H9BrS2. The van der Waals surface area contributed by atoms with Gasteiger partial charge in [0.25, 0.3) is 0 Å². The van der Waals surface area contributed by atoms with Crippen molar-refractivity contribution in [1.29, 1.82) is 0 Å². The molecule has 1 aromatic rings. The van der Waals surface area contributed by atoms with E-state index >= 15 is 0 Å². The molecule has 1 aromatic heterocycles. The molecule has 1 unspecified atom stereocenters. The number of thiol groups is 1. The van der Waals surface area contributed by atoms with E-state index in [2.05, 4.69) is 34.6 Å². The van der Waals surface area contributed by atoms with Gasteiger partial charge < -0.3 is 0 Å². The van der Waals surface area contributed by atoms with Crippen LogP contribution in [-0.4, -0.2) is 0 Å². The summed E-state index contributed by atoms with van der Waals surface area (Å²) in [6.45, 7) is 0. The Morgan fingerprint density at radius 1 is 1.64 bits per heavy atom. The van der Waals surface area contributed by atoms with Gasteiger partial charge in [-0.3, -0.25) is 0 Å². The molecule has 1 aliphatic rings. The standard InChI is InChI=1S/C8H9BrS2/c9-8-4-5-6(10)2-1-3-7(5)11-8/h4,6,10H,1-3H2. The number of aryl methyl sites for hydroxylation is 1. The summed E-state index contributed by atoms with van der Waals surface area (Å²) in [7, 11) is 0. The molecule has 0 radical (unpaired) electrons. The van der Waals surface area contributed by atoms with Gasteiger partial charge in [-0.2, -0.15) is 12.6 Å². The minimum absolute atomic E-state index is 0.487. The Bertz CT molecular complexity index is 267. The summed E-state index contributed by atoms with van der Waals surface area (Å²) in [4.78, 5) is 1.53. The lowest BCUT2D eigenvalue weighted by Gasteiger charge is -2.16. The predicted molar refractivity (Wildman–Crippen MR) is 56.7 cm³/mol. The number of thiophene rings is 1. The minimum Gasteiger partial charge on any atom is -0.171 e. The molecule has 0 nitrogen and oxygen atoms in total. The van der Waals surface area contributed by atoms with Crippen LogP contribution >= 0.6 is 39.9 Å². The molecule has 0 aromatic carbocycles. The van der Waals surface area contributed by atoms with Crippen molar-refractivity contribution < 1.29 is 0 Å². The topological polar surface area (TPSA) is 0 Å². The summed E-state index contributed by atoms with van der Waals surface area (Å²) >= 11 is 9.91. The van der Waals surface area contributed by atoms with E-state index in [0.29, 0.717) is 5.25 Å². The summed E-state index contributed by atoms with van der Waals surface area (Å²) in [5, 5.41) is 0.487. The molecule has 60 valence electrons. The molecule has 1 atom stereocenters. The van der Waals surface area contributed by atoms with Crippen molar-refractivity contribution in [2.45, 2.75) is 24.5 Å². The second-order valence-electron chi connectivity index (χ2n) is 2.84. The fraction of sp³-hybridized carbons (Fsp3) is 0.500. The molecule has 1 aliphatic carbocycles. The zero-order valence-electron chi connectivity index (χ0n) is 6.01. The van der Waals surface area contributed by atoms with Crippen LogP contribution in [0.4, 0.5) is 0 Å². The highest BCUT2D eigenvalue weighted by atomic mass is 79.9. The number of hydrogen-bond acceptors (Lipinski definition) is 2.